The summed E-state index contributed by atoms with van der Waals surface area (Å²) in [6.07, 6.45) is -5.50. The largest absolute Gasteiger partial charge is 0.435 e. The molecule has 6 aromatic rings. The lowest BCUT2D eigenvalue weighted by Gasteiger charge is -2.23. The molecule has 5 N–H and O–H groups in total. The van der Waals surface area contributed by atoms with E-state index in [4.69, 9.17) is 22.3 Å². The van der Waals surface area contributed by atoms with Gasteiger partial charge in [0.15, 0.2) is 22.3 Å². The molecule has 0 bridgehead atoms. The Balaban J connectivity index is 1.27. The lowest BCUT2D eigenvalue weighted by atomic mass is 9.94. The van der Waals surface area contributed by atoms with Crippen LogP contribution >= 0.6 is 22.9 Å². The second-order valence-corrected chi connectivity index (χ2v) is 16.1. The van der Waals surface area contributed by atoms with Crippen LogP contribution in [0.2, 0.25) is 5.02 Å². The zero-order valence-corrected chi connectivity index (χ0v) is 31.1. The van der Waals surface area contributed by atoms with Crippen LogP contribution in [-0.4, -0.2) is 52.7 Å². The number of aryl methyl sites for hydroxylation is 1. The normalized spacial score (nSPS) is 18.0. The molecular weight excluding hydrogens is 791 g/mol. The van der Waals surface area contributed by atoms with E-state index < -0.39 is 76.6 Å². The van der Waals surface area contributed by atoms with Gasteiger partial charge in [-0.1, -0.05) is 29.0 Å². The molecule has 2 aromatic carbocycles. The Labute approximate surface area is 321 Å². The van der Waals surface area contributed by atoms with Crippen LogP contribution in [0.15, 0.2) is 36.4 Å². The van der Waals surface area contributed by atoms with Crippen LogP contribution in [0.25, 0.3) is 32.4 Å². The van der Waals surface area contributed by atoms with E-state index in [1.54, 1.807) is 39.1 Å². The summed E-state index contributed by atoms with van der Waals surface area (Å²) < 4.78 is 104. The van der Waals surface area contributed by atoms with Crippen molar-refractivity contribution in [2.45, 2.75) is 62.9 Å². The Morgan fingerprint density at radius 3 is 2.50 bits per heavy atom. The number of aliphatic hydroxyl groups is 1. The van der Waals surface area contributed by atoms with Gasteiger partial charge in [-0.3, -0.25) is 14.2 Å². The SMILES string of the molecule is Cn1nc(N)c2c(Cl)ccc(-c3cc4sc(NCC(C)(C)O)nc4nc3[C@H](Cc3cc(F)cc(F)c3)NC(=O)Cn3nc(C(F)(F)F)c4c3C(F)(F)[C@@H]3C[C@H]43)c21. The number of hydrogen-bond donors (Lipinski definition) is 4. The molecule has 8 rings (SSSR count). The molecular formula is C36H31ClF7N9O2S. The number of benzene rings is 2. The molecule has 4 aromatic heterocycles. The van der Waals surface area contributed by atoms with Crippen molar-refractivity contribution in [3.05, 3.63) is 81.3 Å². The number of anilines is 2. The van der Waals surface area contributed by atoms with Crippen molar-refractivity contribution in [2.24, 2.45) is 13.0 Å². The van der Waals surface area contributed by atoms with E-state index in [-0.39, 0.29) is 47.1 Å². The molecule has 0 spiro atoms. The Morgan fingerprint density at radius 2 is 1.82 bits per heavy atom. The number of rotatable bonds is 10. The first-order valence-electron chi connectivity index (χ1n) is 17.2. The molecule has 4 heterocycles. The lowest BCUT2D eigenvalue weighted by Crippen LogP contribution is -2.35. The summed E-state index contributed by atoms with van der Waals surface area (Å²) in [7, 11) is 1.63. The zero-order chi connectivity index (χ0) is 40.2. The molecule has 0 radical (unpaired) electrons. The number of pyridine rings is 1. The van der Waals surface area contributed by atoms with Gasteiger partial charge in [0.2, 0.25) is 5.91 Å². The molecule has 1 saturated carbocycles. The minimum absolute atomic E-state index is 0.0587. The van der Waals surface area contributed by atoms with Crippen LogP contribution in [0.4, 0.5) is 41.7 Å². The number of carbonyl (C=O) groups is 1. The van der Waals surface area contributed by atoms with E-state index in [0.717, 1.165) is 12.1 Å². The van der Waals surface area contributed by atoms with Gasteiger partial charge in [-0.2, -0.15) is 32.1 Å². The summed E-state index contributed by atoms with van der Waals surface area (Å²) in [6.45, 7) is 2.28. The number of nitrogens with one attached hydrogen (secondary N) is 2. The topological polar surface area (TPSA) is 149 Å². The number of hydrogen-bond acceptors (Lipinski definition) is 9. The molecule has 0 unspecified atom stereocenters. The maximum absolute atomic E-state index is 15.4. The maximum Gasteiger partial charge on any atom is 0.435 e. The van der Waals surface area contributed by atoms with Gasteiger partial charge < -0.3 is 21.5 Å². The van der Waals surface area contributed by atoms with Crippen molar-refractivity contribution >= 4 is 61.0 Å². The summed E-state index contributed by atoms with van der Waals surface area (Å²) in [4.78, 5) is 23.3. The quantitative estimate of drug-likeness (QED) is 0.104. The second kappa shape index (κ2) is 13.0. The summed E-state index contributed by atoms with van der Waals surface area (Å²) in [5, 5.41) is 24.9. The number of alkyl halides is 5. The molecule has 0 aliphatic heterocycles. The lowest BCUT2D eigenvalue weighted by molar-refractivity contribution is -0.142. The van der Waals surface area contributed by atoms with Gasteiger partial charge in [0, 0.05) is 42.3 Å². The van der Waals surface area contributed by atoms with Crippen molar-refractivity contribution in [3.8, 4) is 11.1 Å². The summed E-state index contributed by atoms with van der Waals surface area (Å²) in [5.74, 6) is -8.77. The van der Waals surface area contributed by atoms with E-state index in [1.807, 2.05) is 0 Å². The van der Waals surface area contributed by atoms with Crippen molar-refractivity contribution in [2.75, 3.05) is 17.6 Å². The van der Waals surface area contributed by atoms with E-state index in [0.29, 0.717) is 42.6 Å². The minimum Gasteiger partial charge on any atom is -0.389 e. The zero-order valence-electron chi connectivity index (χ0n) is 29.6. The predicted molar refractivity (Wildman–Crippen MR) is 194 cm³/mol. The van der Waals surface area contributed by atoms with Crippen LogP contribution in [0.1, 0.15) is 60.4 Å². The Kier molecular flexibility index (Phi) is 8.81. The van der Waals surface area contributed by atoms with Gasteiger partial charge in [-0.15, -0.1) is 0 Å². The molecule has 20 heteroatoms. The van der Waals surface area contributed by atoms with Gasteiger partial charge in [0.1, 0.15) is 23.9 Å². The van der Waals surface area contributed by atoms with Crippen molar-refractivity contribution in [1.29, 1.82) is 0 Å². The number of halogens is 8. The molecule has 2 aliphatic rings. The van der Waals surface area contributed by atoms with Crippen LogP contribution in [0.5, 0.6) is 0 Å². The smallest absolute Gasteiger partial charge is 0.389 e. The Hall–Kier alpha value is -5.01. The second-order valence-electron chi connectivity index (χ2n) is 14.7. The molecule has 294 valence electrons. The Bertz CT molecular complexity index is 2560. The number of nitrogens with two attached hydrogens (primary N) is 1. The number of thiazole rings is 1. The first-order valence-corrected chi connectivity index (χ1v) is 18.4. The highest BCUT2D eigenvalue weighted by atomic mass is 35.5. The monoisotopic (exact) mass is 821 g/mol. The molecule has 1 fully saturated rings. The highest BCUT2D eigenvalue weighted by Crippen LogP contribution is 2.68. The number of nitrogen functional groups attached to an aromatic ring is 1. The van der Waals surface area contributed by atoms with E-state index >= 15 is 8.78 Å². The molecule has 11 nitrogen and oxygen atoms in total. The average molecular weight is 822 g/mol. The third kappa shape index (κ3) is 6.68. The highest BCUT2D eigenvalue weighted by Gasteiger charge is 2.68. The van der Waals surface area contributed by atoms with Crippen molar-refractivity contribution < 1.29 is 40.6 Å². The van der Waals surface area contributed by atoms with E-state index in [9.17, 15) is 31.9 Å². The molecule has 2 aliphatic carbocycles. The first kappa shape index (κ1) is 37.9. The van der Waals surface area contributed by atoms with Gasteiger partial charge in [0.25, 0.3) is 5.92 Å². The first-order chi connectivity index (χ1) is 26.2. The fraction of sp³-hybridized carbons (Fsp3) is 0.361. The number of carbonyl (C=O) groups excluding carboxylic acids is 1. The molecule has 0 saturated heterocycles. The fourth-order valence-electron chi connectivity index (χ4n) is 7.50. The third-order valence-corrected chi connectivity index (χ3v) is 11.1. The highest BCUT2D eigenvalue weighted by molar-refractivity contribution is 7.22. The molecule has 56 heavy (non-hydrogen) atoms. The molecule has 3 atom stereocenters. The summed E-state index contributed by atoms with van der Waals surface area (Å²) >= 11 is 7.74. The van der Waals surface area contributed by atoms with Crippen LogP contribution in [0.3, 0.4) is 0 Å². The number of aromatic nitrogens is 6. The summed E-state index contributed by atoms with van der Waals surface area (Å²) in [6, 6.07) is 6.37. The minimum atomic E-state index is -5.05. The maximum atomic E-state index is 15.4. The van der Waals surface area contributed by atoms with E-state index in [1.165, 1.54) is 16.0 Å². The van der Waals surface area contributed by atoms with Crippen LogP contribution < -0.4 is 16.4 Å². The van der Waals surface area contributed by atoms with Crippen molar-refractivity contribution in [3.63, 3.8) is 0 Å². The standard InChI is InChI=1S/C36H31ClF7N9O2S/c1-34(2,55)13-46-33-49-32-23(56-33)11-18(17-4-5-21(37)26-28(17)52(3)51-31(26)45)27(48-32)22(8-14-6-15(38)9-16(39)7-14)47-24(54)12-53-30-25(29(50-53)36(42,43)44)19-10-20(19)35(30,40)41/h4-7,9,11,19-20,22,55H,8,10,12-13H2,1-3H3,(H2,45,51)(H,47,54)(H,46,48,49)/t19-,20+,22-/m0/s1. The number of nitrogens with zero attached hydrogens (tertiary/aromatic N) is 6. The van der Waals surface area contributed by atoms with Crippen molar-refractivity contribution in [1.82, 2.24) is 34.8 Å². The number of amides is 1. The molecule has 1 amide bonds. The third-order valence-electron chi connectivity index (χ3n) is 9.86. The average Bonchev–Trinajstić information content (AvgIpc) is 3.36. The van der Waals surface area contributed by atoms with Gasteiger partial charge in [-0.05, 0) is 62.4 Å². The van der Waals surface area contributed by atoms with Gasteiger partial charge >= 0.3 is 6.18 Å². The van der Waals surface area contributed by atoms with Gasteiger partial charge in [0.05, 0.1) is 38.0 Å². The van der Waals surface area contributed by atoms with E-state index in [2.05, 4.69) is 25.8 Å². The summed E-state index contributed by atoms with van der Waals surface area (Å²) in [5.41, 5.74) is 3.67. The Morgan fingerprint density at radius 1 is 1.11 bits per heavy atom. The predicted octanol–water partition coefficient (Wildman–Crippen LogP) is 7.47. The number of fused-ring (bicyclic) bond motifs is 5. The van der Waals surface area contributed by atoms with Crippen LogP contribution in [-0.2, 0) is 36.9 Å². The van der Waals surface area contributed by atoms with Gasteiger partial charge in [-0.25, -0.2) is 18.7 Å². The fourth-order valence-corrected chi connectivity index (χ4v) is 8.59. The van der Waals surface area contributed by atoms with Crippen LogP contribution in [0, 0.1) is 17.6 Å².